The van der Waals surface area contributed by atoms with Gasteiger partial charge in [-0.2, -0.15) is 0 Å². The molecule has 0 aromatic heterocycles. The lowest BCUT2D eigenvalue weighted by atomic mass is 10.2. The van der Waals surface area contributed by atoms with Gasteiger partial charge in [0, 0.05) is 37.9 Å². The Hall–Kier alpha value is -2.61. The van der Waals surface area contributed by atoms with E-state index in [2.05, 4.69) is 39.2 Å². The maximum absolute atomic E-state index is 14.0. The van der Waals surface area contributed by atoms with Gasteiger partial charge in [-0.15, -0.1) is 0 Å². The monoisotopic (exact) mass is 447 g/mol. The Balaban J connectivity index is 1.54. The van der Waals surface area contributed by atoms with Crippen LogP contribution in [0.4, 0.5) is 25.0 Å². The number of halogens is 2. The van der Waals surface area contributed by atoms with Crippen molar-refractivity contribution < 1.29 is 18.0 Å². The highest BCUT2D eigenvalue weighted by Crippen LogP contribution is 2.37. The minimum atomic E-state index is -1.91. The Labute approximate surface area is 184 Å². The van der Waals surface area contributed by atoms with Crippen LogP contribution in [-0.4, -0.2) is 45.4 Å². The van der Waals surface area contributed by atoms with Gasteiger partial charge in [0.25, 0.3) is 0 Å². The van der Waals surface area contributed by atoms with E-state index >= 15 is 0 Å². The molecule has 3 rings (SSSR count). The average molecular weight is 448 g/mol. The molecule has 1 saturated heterocycles. The third kappa shape index (κ3) is 5.55. The number of nitrogens with one attached hydrogen (secondary N) is 1. The third-order valence-corrected chi connectivity index (χ3v) is 10.5. The summed E-state index contributed by atoms with van der Waals surface area (Å²) in [6.07, 6.45) is 0. The van der Waals surface area contributed by atoms with E-state index < -0.39 is 20.0 Å². The number of hydrogen-bond donors (Lipinski definition) is 1. The molecule has 2 aromatic rings. The SMILES string of the molecule is CC(C)(C)[Si](C)(C)Oc1ccc(NC(=O)N2CCN(c3ccc(F)cc3F)CC2)cc1. The highest BCUT2D eigenvalue weighted by molar-refractivity contribution is 6.74. The molecule has 8 heteroatoms. The Kier molecular flexibility index (Phi) is 6.59. The number of urea groups is 1. The molecular weight excluding hydrogens is 416 g/mol. The van der Waals surface area contributed by atoms with Crippen molar-refractivity contribution in [2.24, 2.45) is 0 Å². The minimum Gasteiger partial charge on any atom is -0.544 e. The summed E-state index contributed by atoms with van der Waals surface area (Å²) in [5, 5.41) is 3.02. The molecule has 1 aliphatic heterocycles. The van der Waals surface area contributed by atoms with Gasteiger partial charge in [0.05, 0.1) is 5.69 Å². The Bertz CT molecular complexity index is 921. The number of anilines is 2. The number of carbonyl (C=O) groups is 1. The number of amides is 2. The summed E-state index contributed by atoms with van der Waals surface area (Å²) in [5.41, 5.74) is 1.05. The van der Waals surface area contributed by atoms with Crippen molar-refractivity contribution in [2.75, 3.05) is 36.4 Å². The molecule has 0 spiro atoms. The Morgan fingerprint density at radius 3 is 2.16 bits per heavy atom. The summed E-state index contributed by atoms with van der Waals surface area (Å²) >= 11 is 0. The number of carbonyl (C=O) groups excluding carboxylic acids is 1. The molecule has 1 N–H and O–H groups in total. The lowest BCUT2D eigenvalue weighted by molar-refractivity contribution is 0.208. The van der Waals surface area contributed by atoms with Crippen molar-refractivity contribution in [2.45, 2.75) is 38.9 Å². The van der Waals surface area contributed by atoms with Crippen LogP contribution in [0.1, 0.15) is 20.8 Å². The van der Waals surface area contributed by atoms with Crippen LogP contribution in [0, 0.1) is 11.6 Å². The molecule has 0 radical (unpaired) electrons. The summed E-state index contributed by atoms with van der Waals surface area (Å²) in [6, 6.07) is 10.8. The van der Waals surface area contributed by atoms with Crippen LogP contribution in [0.5, 0.6) is 5.75 Å². The lowest BCUT2D eigenvalue weighted by Gasteiger charge is -2.36. The summed E-state index contributed by atoms with van der Waals surface area (Å²) in [5.74, 6) is -0.377. The maximum atomic E-state index is 14.0. The molecule has 1 aliphatic rings. The van der Waals surface area contributed by atoms with E-state index in [1.807, 2.05) is 29.2 Å². The van der Waals surface area contributed by atoms with Crippen LogP contribution in [0.2, 0.25) is 18.1 Å². The molecule has 1 fully saturated rings. The van der Waals surface area contributed by atoms with Crippen LogP contribution in [0.3, 0.4) is 0 Å². The second-order valence-corrected chi connectivity index (χ2v) is 14.1. The van der Waals surface area contributed by atoms with Crippen LogP contribution in [0.15, 0.2) is 42.5 Å². The molecule has 168 valence electrons. The molecule has 2 aromatic carbocycles. The molecule has 1 heterocycles. The van der Waals surface area contributed by atoms with E-state index in [1.54, 1.807) is 4.90 Å². The number of nitrogens with zero attached hydrogens (tertiary/aromatic N) is 2. The molecule has 0 bridgehead atoms. The average Bonchev–Trinajstić information content (AvgIpc) is 2.68. The highest BCUT2D eigenvalue weighted by Gasteiger charge is 2.38. The fraction of sp³-hybridized carbons (Fsp3) is 0.435. The first kappa shape index (κ1) is 23.1. The van der Waals surface area contributed by atoms with Gasteiger partial charge in [-0.25, -0.2) is 13.6 Å². The third-order valence-electron chi connectivity index (χ3n) is 6.10. The minimum absolute atomic E-state index is 0.110. The number of hydrogen-bond acceptors (Lipinski definition) is 3. The van der Waals surface area contributed by atoms with E-state index in [0.717, 1.165) is 11.8 Å². The zero-order valence-electron chi connectivity index (χ0n) is 18.8. The fourth-order valence-electron chi connectivity index (χ4n) is 3.14. The number of piperazine rings is 1. The molecule has 0 unspecified atom stereocenters. The smallest absolute Gasteiger partial charge is 0.321 e. The molecule has 31 heavy (non-hydrogen) atoms. The first-order valence-electron chi connectivity index (χ1n) is 10.5. The maximum Gasteiger partial charge on any atom is 0.321 e. The van der Waals surface area contributed by atoms with Crippen molar-refractivity contribution >= 4 is 25.7 Å². The fourth-order valence-corrected chi connectivity index (χ4v) is 4.18. The summed E-state index contributed by atoms with van der Waals surface area (Å²) < 4.78 is 33.4. The molecule has 0 atom stereocenters. The number of rotatable bonds is 4. The van der Waals surface area contributed by atoms with E-state index in [4.69, 9.17) is 4.43 Å². The quantitative estimate of drug-likeness (QED) is 0.611. The van der Waals surface area contributed by atoms with Crippen LogP contribution in [-0.2, 0) is 0 Å². The molecule has 0 aliphatic carbocycles. The summed E-state index contributed by atoms with van der Waals surface area (Å²) in [6.45, 7) is 12.8. The van der Waals surface area contributed by atoms with Crippen LogP contribution >= 0.6 is 0 Å². The zero-order chi connectivity index (χ0) is 22.8. The molecule has 5 nitrogen and oxygen atoms in total. The van der Waals surface area contributed by atoms with Gasteiger partial charge in [0.15, 0.2) is 0 Å². The van der Waals surface area contributed by atoms with E-state index in [-0.39, 0.29) is 11.1 Å². The standard InChI is InChI=1S/C23H31F2N3O2Si/c1-23(2,3)31(4,5)30-19-9-7-18(8-10-19)26-22(29)28-14-12-27(13-15-28)21-11-6-17(24)16-20(21)25/h6-11,16H,12-15H2,1-5H3,(H,26,29). The Morgan fingerprint density at radius 1 is 1.00 bits per heavy atom. The van der Waals surface area contributed by atoms with E-state index in [0.29, 0.717) is 37.6 Å². The lowest BCUT2D eigenvalue weighted by Crippen LogP contribution is -2.50. The van der Waals surface area contributed by atoms with Gasteiger partial charge >= 0.3 is 6.03 Å². The van der Waals surface area contributed by atoms with Crippen LogP contribution in [0.25, 0.3) is 0 Å². The first-order valence-corrected chi connectivity index (χ1v) is 13.4. The van der Waals surface area contributed by atoms with Crippen molar-refractivity contribution in [1.82, 2.24) is 4.90 Å². The predicted molar refractivity (Wildman–Crippen MR) is 123 cm³/mol. The van der Waals surface area contributed by atoms with Crippen molar-refractivity contribution in [1.29, 1.82) is 0 Å². The largest absolute Gasteiger partial charge is 0.544 e. The second kappa shape index (κ2) is 8.86. The van der Waals surface area contributed by atoms with Gasteiger partial charge in [-0.1, -0.05) is 20.8 Å². The molecular formula is C23H31F2N3O2Si. The molecule has 2 amide bonds. The predicted octanol–water partition coefficient (Wildman–Crippen LogP) is 5.70. The van der Waals surface area contributed by atoms with Crippen molar-refractivity contribution in [3.63, 3.8) is 0 Å². The summed E-state index contributed by atoms with van der Waals surface area (Å²) in [7, 11) is -1.91. The first-order chi connectivity index (χ1) is 14.5. The van der Waals surface area contributed by atoms with Gasteiger partial charge < -0.3 is 19.5 Å². The van der Waals surface area contributed by atoms with Gasteiger partial charge in [-0.3, -0.25) is 0 Å². The van der Waals surface area contributed by atoms with Gasteiger partial charge in [0.1, 0.15) is 17.4 Å². The normalized spacial score (nSPS) is 15.1. The van der Waals surface area contributed by atoms with Crippen LogP contribution < -0.4 is 14.6 Å². The zero-order valence-corrected chi connectivity index (χ0v) is 19.8. The van der Waals surface area contributed by atoms with E-state index in [1.165, 1.54) is 12.1 Å². The van der Waals surface area contributed by atoms with Gasteiger partial charge in [0.2, 0.25) is 8.32 Å². The Morgan fingerprint density at radius 2 is 1.61 bits per heavy atom. The van der Waals surface area contributed by atoms with Crippen molar-refractivity contribution in [3.8, 4) is 5.75 Å². The summed E-state index contributed by atoms with van der Waals surface area (Å²) in [4.78, 5) is 16.1. The second-order valence-electron chi connectivity index (χ2n) is 9.39. The van der Waals surface area contributed by atoms with Crippen molar-refractivity contribution in [3.05, 3.63) is 54.1 Å². The highest BCUT2D eigenvalue weighted by atomic mass is 28.4. The number of benzene rings is 2. The van der Waals surface area contributed by atoms with E-state index in [9.17, 15) is 13.6 Å². The topological polar surface area (TPSA) is 44.8 Å². The van der Waals surface area contributed by atoms with Gasteiger partial charge in [-0.05, 0) is 54.5 Å². The molecule has 0 saturated carbocycles.